The second kappa shape index (κ2) is 28.1. The van der Waals surface area contributed by atoms with Gasteiger partial charge in [0.2, 0.25) is 5.91 Å². The summed E-state index contributed by atoms with van der Waals surface area (Å²) in [6.07, 6.45) is 23.3. The Morgan fingerprint density at radius 2 is 1.15 bits per heavy atom. The van der Waals surface area contributed by atoms with Crippen LogP contribution in [-0.4, -0.2) is 54.3 Å². The monoisotopic (exact) mass is 593 g/mol. The summed E-state index contributed by atoms with van der Waals surface area (Å²) in [5.41, 5.74) is 0. The van der Waals surface area contributed by atoms with Crippen LogP contribution in [0.25, 0.3) is 0 Å². The summed E-state index contributed by atoms with van der Waals surface area (Å²) in [4.78, 5) is 32.8. The lowest BCUT2D eigenvalue weighted by molar-refractivity contribution is -0.147. The van der Waals surface area contributed by atoms with Gasteiger partial charge in [-0.05, 0) is 12.8 Å². The van der Waals surface area contributed by atoms with E-state index in [1.54, 1.807) is 0 Å². The van der Waals surface area contributed by atoms with Gasteiger partial charge in [0.25, 0.3) is 0 Å². The standard InChI is InChI=1S/C30H60NO8P/c1-3-5-6-7-8-9-10-11-12-13-14-15-16-17-18-19-20-21-23-30(34)37-26-28(32)27-39-40(35,36)38-25-24-31-29(33)22-4-2/h28,32H,3-27H2,1-2H3,(H,31,33)(H,35,36). The van der Waals surface area contributed by atoms with Crippen LogP contribution in [0.4, 0.5) is 0 Å². The maximum atomic E-state index is 11.9. The van der Waals surface area contributed by atoms with Gasteiger partial charge in [-0.3, -0.25) is 18.6 Å². The molecular formula is C30H60NO8P. The van der Waals surface area contributed by atoms with E-state index in [0.29, 0.717) is 12.8 Å². The van der Waals surface area contributed by atoms with E-state index in [1.807, 2.05) is 6.92 Å². The van der Waals surface area contributed by atoms with Gasteiger partial charge < -0.3 is 20.1 Å². The minimum atomic E-state index is -4.37. The SMILES string of the molecule is CCCCCCCCCCCCCCCCCCCCC(=O)OCC(O)COP(=O)(O)OCCNC(=O)CCC. The molecule has 0 bridgehead atoms. The Bertz CT molecular complexity index is 649. The lowest BCUT2D eigenvalue weighted by Crippen LogP contribution is -2.27. The first-order valence-electron chi connectivity index (χ1n) is 16.0. The number of aliphatic hydroxyl groups excluding tert-OH is 1. The maximum Gasteiger partial charge on any atom is 0.472 e. The molecule has 0 spiro atoms. The molecule has 2 atom stereocenters. The molecule has 0 aliphatic rings. The highest BCUT2D eigenvalue weighted by molar-refractivity contribution is 7.47. The van der Waals surface area contributed by atoms with Crippen LogP contribution in [0.1, 0.15) is 149 Å². The summed E-state index contributed by atoms with van der Waals surface area (Å²) < 4.78 is 26.3. The van der Waals surface area contributed by atoms with Gasteiger partial charge in [-0.25, -0.2) is 4.57 Å². The molecule has 0 aromatic carbocycles. The Balaban J connectivity index is 3.49. The number of hydrogen-bond donors (Lipinski definition) is 3. The quantitative estimate of drug-likeness (QED) is 0.0447. The average Bonchev–Trinajstić information content (AvgIpc) is 2.92. The second-order valence-corrected chi connectivity index (χ2v) is 12.2. The molecule has 0 saturated carbocycles. The molecule has 1 amide bonds. The van der Waals surface area contributed by atoms with E-state index in [0.717, 1.165) is 19.3 Å². The third-order valence-corrected chi connectivity index (χ3v) is 7.74. The third kappa shape index (κ3) is 28.5. The van der Waals surface area contributed by atoms with Gasteiger partial charge in [-0.15, -0.1) is 0 Å². The minimum absolute atomic E-state index is 0.0757. The fraction of sp³-hybridized carbons (Fsp3) is 0.933. The summed E-state index contributed by atoms with van der Waals surface area (Å²) >= 11 is 0. The molecule has 9 nitrogen and oxygen atoms in total. The van der Waals surface area contributed by atoms with Crippen molar-refractivity contribution in [2.75, 3.05) is 26.4 Å². The number of unbranched alkanes of at least 4 members (excludes halogenated alkanes) is 17. The second-order valence-electron chi connectivity index (χ2n) is 10.8. The molecule has 10 heteroatoms. The summed E-state index contributed by atoms with van der Waals surface area (Å²) in [6, 6.07) is 0. The van der Waals surface area contributed by atoms with Crippen molar-refractivity contribution in [3.05, 3.63) is 0 Å². The zero-order chi connectivity index (χ0) is 29.7. The first-order valence-corrected chi connectivity index (χ1v) is 17.5. The van der Waals surface area contributed by atoms with E-state index in [9.17, 15) is 24.2 Å². The van der Waals surface area contributed by atoms with Crippen molar-refractivity contribution < 1.29 is 37.9 Å². The molecule has 0 aromatic rings. The van der Waals surface area contributed by atoms with Crippen molar-refractivity contribution in [1.29, 1.82) is 0 Å². The largest absolute Gasteiger partial charge is 0.472 e. The Kier molecular flexibility index (Phi) is 27.4. The van der Waals surface area contributed by atoms with Crippen molar-refractivity contribution in [3.8, 4) is 0 Å². The van der Waals surface area contributed by atoms with Gasteiger partial charge in [-0.1, -0.05) is 123 Å². The van der Waals surface area contributed by atoms with E-state index in [2.05, 4.69) is 12.2 Å². The molecular weight excluding hydrogens is 533 g/mol. The van der Waals surface area contributed by atoms with Crippen LogP contribution in [-0.2, 0) is 27.9 Å². The summed E-state index contributed by atoms with van der Waals surface area (Å²) in [5, 5.41) is 12.4. The van der Waals surface area contributed by atoms with Crippen LogP contribution in [0.3, 0.4) is 0 Å². The molecule has 0 aliphatic heterocycles. The van der Waals surface area contributed by atoms with Crippen molar-refractivity contribution in [2.24, 2.45) is 0 Å². The number of rotatable bonds is 30. The van der Waals surface area contributed by atoms with Crippen LogP contribution in [0, 0.1) is 0 Å². The van der Waals surface area contributed by atoms with Crippen molar-refractivity contribution >= 4 is 19.7 Å². The zero-order valence-electron chi connectivity index (χ0n) is 25.5. The van der Waals surface area contributed by atoms with Gasteiger partial charge in [0.05, 0.1) is 13.2 Å². The minimum Gasteiger partial charge on any atom is -0.463 e. The van der Waals surface area contributed by atoms with Crippen LogP contribution < -0.4 is 5.32 Å². The predicted molar refractivity (Wildman–Crippen MR) is 160 cm³/mol. The van der Waals surface area contributed by atoms with Gasteiger partial charge in [-0.2, -0.15) is 0 Å². The van der Waals surface area contributed by atoms with Crippen molar-refractivity contribution in [1.82, 2.24) is 5.32 Å². The van der Waals surface area contributed by atoms with Crippen LogP contribution >= 0.6 is 7.82 Å². The van der Waals surface area contributed by atoms with Gasteiger partial charge in [0.1, 0.15) is 12.7 Å². The topological polar surface area (TPSA) is 131 Å². The summed E-state index contributed by atoms with van der Waals surface area (Å²) in [5.74, 6) is -0.566. The van der Waals surface area contributed by atoms with E-state index in [1.165, 1.54) is 96.3 Å². The average molecular weight is 594 g/mol. The number of nitrogens with one attached hydrogen (secondary N) is 1. The lowest BCUT2D eigenvalue weighted by atomic mass is 10.0. The Morgan fingerprint density at radius 3 is 1.62 bits per heavy atom. The van der Waals surface area contributed by atoms with Crippen LogP contribution in [0.5, 0.6) is 0 Å². The van der Waals surface area contributed by atoms with E-state index >= 15 is 0 Å². The predicted octanol–water partition coefficient (Wildman–Crippen LogP) is 7.37. The maximum absolute atomic E-state index is 11.9. The molecule has 0 rings (SSSR count). The van der Waals surface area contributed by atoms with Crippen molar-refractivity contribution in [3.63, 3.8) is 0 Å². The van der Waals surface area contributed by atoms with Crippen LogP contribution in [0.15, 0.2) is 0 Å². The van der Waals surface area contributed by atoms with E-state index in [4.69, 9.17) is 13.8 Å². The molecule has 238 valence electrons. The Hall–Kier alpha value is -0.990. The Morgan fingerprint density at radius 1 is 0.675 bits per heavy atom. The molecule has 0 aromatic heterocycles. The zero-order valence-corrected chi connectivity index (χ0v) is 26.4. The third-order valence-electron chi connectivity index (χ3n) is 6.76. The summed E-state index contributed by atoms with van der Waals surface area (Å²) in [7, 11) is -4.37. The van der Waals surface area contributed by atoms with Crippen LogP contribution in [0.2, 0.25) is 0 Å². The first kappa shape index (κ1) is 39.0. The van der Waals surface area contributed by atoms with E-state index in [-0.39, 0.29) is 32.1 Å². The van der Waals surface area contributed by atoms with Gasteiger partial charge in [0, 0.05) is 19.4 Å². The fourth-order valence-electron chi connectivity index (χ4n) is 4.36. The normalized spacial score (nSPS) is 13.6. The molecule has 0 fully saturated rings. The number of carbonyl (C=O) groups excluding carboxylic acids is 2. The number of hydrogen-bond acceptors (Lipinski definition) is 7. The molecule has 2 unspecified atom stereocenters. The number of phosphoric acid groups is 1. The highest BCUT2D eigenvalue weighted by atomic mass is 31.2. The van der Waals surface area contributed by atoms with E-state index < -0.39 is 26.5 Å². The molecule has 0 radical (unpaired) electrons. The number of carbonyl (C=O) groups is 2. The molecule has 40 heavy (non-hydrogen) atoms. The highest BCUT2D eigenvalue weighted by Gasteiger charge is 2.23. The summed E-state index contributed by atoms with van der Waals surface area (Å²) in [6.45, 7) is 3.19. The number of amides is 1. The molecule has 0 heterocycles. The smallest absolute Gasteiger partial charge is 0.463 e. The number of phosphoric ester groups is 1. The number of esters is 1. The van der Waals surface area contributed by atoms with Crippen molar-refractivity contribution in [2.45, 2.75) is 155 Å². The number of ether oxygens (including phenoxy) is 1. The molecule has 0 saturated heterocycles. The first-order chi connectivity index (χ1) is 19.3. The van der Waals surface area contributed by atoms with Gasteiger partial charge >= 0.3 is 13.8 Å². The molecule has 3 N–H and O–H groups in total. The highest BCUT2D eigenvalue weighted by Crippen LogP contribution is 2.42. The lowest BCUT2D eigenvalue weighted by Gasteiger charge is -2.15. The van der Waals surface area contributed by atoms with Gasteiger partial charge in [0.15, 0.2) is 0 Å². The number of aliphatic hydroxyl groups is 1. The Labute approximate surface area is 244 Å². The molecule has 0 aliphatic carbocycles. The fourth-order valence-corrected chi connectivity index (χ4v) is 5.12.